The number of unbranched alkanes of at least 4 members (excludes halogenated alkanes) is 4. The zero-order chi connectivity index (χ0) is 41.8. The maximum Gasteiger partial charge on any atom is 0.472 e. The van der Waals surface area contributed by atoms with Crippen LogP contribution in [0.1, 0.15) is 129 Å². The van der Waals surface area contributed by atoms with Crippen LogP contribution in [-0.4, -0.2) is 49.3 Å². The van der Waals surface area contributed by atoms with Crippen LogP contribution >= 0.6 is 7.82 Å². The number of nitrogens with two attached hydrogens (primary N) is 1. The molecular weight excluding hydrogens is 737 g/mol. The van der Waals surface area contributed by atoms with E-state index in [4.69, 9.17) is 24.3 Å². The number of rotatable bonds is 37. The van der Waals surface area contributed by atoms with E-state index in [0.717, 1.165) is 89.9 Å². The zero-order valence-corrected chi connectivity index (χ0v) is 35.9. The molecule has 0 amide bonds. The summed E-state index contributed by atoms with van der Waals surface area (Å²) in [7, 11) is -4.41. The van der Waals surface area contributed by atoms with Gasteiger partial charge in [0.15, 0.2) is 6.10 Å². The van der Waals surface area contributed by atoms with Gasteiger partial charge in [0.25, 0.3) is 0 Å². The van der Waals surface area contributed by atoms with Gasteiger partial charge in [-0.25, -0.2) is 4.57 Å². The highest BCUT2D eigenvalue weighted by Crippen LogP contribution is 2.43. The molecule has 0 bridgehead atoms. The zero-order valence-electron chi connectivity index (χ0n) is 35.0. The van der Waals surface area contributed by atoms with Gasteiger partial charge in [0, 0.05) is 19.4 Å². The summed E-state index contributed by atoms with van der Waals surface area (Å²) in [4.78, 5) is 34.8. The molecule has 0 aromatic rings. The number of hydrogen-bond acceptors (Lipinski definition) is 8. The fraction of sp³-hybridized carbons (Fsp3) is 0.532. The molecule has 0 heterocycles. The monoisotopic (exact) mass is 812 g/mol. The second kappa shape index (κ2) is 42.0. The molecule has 0 radical (unpaired) electrons. The number of carbonyl (C=O) groups is 2. The van der Waals surface area contributed by atoms with Gasteiger partial charge < -0.3 is 20.1 Å². The fourth-order valence-electron chi connectivity index (χ4n) is 4.83. The summed E-state index contributed by atoms with van der Waals surface area (Å²) >= 11 is 0. The van der Waals surface area contributed by atoms with Crippen molar-refractivity contribution in [3.05, 3.63) is 122 Å². The van der Waals surface area contributed by atoms with E-state index in [0.29, 0.717) is 12.8 Å². The lowest BCUT2D eigenvalue weighted by Crippen LogP contribution is -2.29. The highest BCUT2D eigenvalue weighted by Gasteiger charge is 2.25. The van der Waals surface area contributed by atoms with Gasteiger partial charge in [0.1, 0.15) is 6.61 Å². The number of phosphoric acid groups is 1. The van der Waals surface area contributed by atoms with Crippen LogP contribution < -0.4 is 5.73 Å². The molecule has 2 atom stereocenters. The van der Waals surface area contributed by atoms with E-state index in [1.807, 2.05) is 12.2 Å². The third-order valence-electron chi connectivity index (χ3n) is 7.86. The maximum atomic E-state index is 12.6. The molecule has 0 aliphatic heterocycles. The first-order chi connectivity index (χ1) is 27.8. The maximum absolute atomic E-state index is 12.6. The standard InChI is InChI=1S/C47H74NO8P/c1-3-5-7-9-11-13-15-17-18-19-20-21-22-23-24-25-26-28-30-32-34-36-38-40-47(50)56-45(44-55-57(51,52)54-42-41-48)43-53-46(49)39-37-35-33-31-29-27-16-14-12-10-8-6-4-2/h5-8,11-14,17-18,20-21,23-24,26-29,33,35,45H,3-4,9-10,15-16,19,22,25,30-32,34,36-44,48H2,1-2H3,(H,51,52)/b7-5-,8-6-,13-11-,14-12-,18-17-,21-20-,24-23-,28-26-,29-27-,35-33-. The average Bonchev–Trinajstić information content (AvgIpc) is 3.20. The largest absolute Gasteiger partial charge is 0.472 e. The second-order valence-electron chi connectivity index (χ2n) is 13.1. The van der Waals surface area contributed by atoms with Crippen LogP contribution in [-0.2, 0) is 32.7 Å². The molecule has 9 nitrogen and oxygen atoms in total. The summed E-state index contributed by atoms with van der Waals surface area (Å²) in [6.45, 7) is 3.34. The Bertz CT molecular complexity index is 1340. The smallest absolute Gasteiger partial charge is 0.462 e. The number of esters is 2. The molecule has 10 heteroatoms. The SMILES string of the molecule is CC/C=C\C/C=C\C/C=C\C/C=C\C/C=C\C/C=C\CCCCCCC(=O)OC(COC(=O)CC/C=C\C/C=C\C/C=C\C/C=C\CC)COP(=O)(O)OCCN. The molecule has 0 aromatic heterocycles. The lowest BCUT2D eigenvalue weighted by molar-refractivity contribution is -0.161. The first-order valence-electron chi connectivity index (χ1n) is 21.0. The van der Waals surface area contributed by atoms with Crippen LogP contribution in [0.5, 0.6) is 0 Å². The Morgan fingerprint density at radius 2 is 0.947 bits per heavy atom. The van der Waals surface area contributed by atoms with Crippen molar-refractivity contribution in [3.8, 4) is 0 Å². The first-order valence-corrected chi connectivity index (χ1v) is 22.5. The second-order valence-corrected chi connectivity index (χ2v) is 14.5. The third-order valence-corrected chi connectivity index (χ3v) is 8.84. The Labute approximate surface area is 345 Å². The van der Waals surface area contributed by atoms with Crippen LogP contribution in [0.4, 0.5) is 0 Å². The average molecular weight is 812 g/mol. The van der Waals surface area contributed by atoms with E-state index in [9.17, 15) is 19.0 Å². The van der Waals surface area contributed by atoms with Gasteiger partial charge in [-0.05, 0) is 89.9 Å². The van der Waals surface area contributed by atoms with E-state index in [-0.39, 0.29) is 32.6 Å². The summed E-state index contributed by atoms with van der Waals surface area (Å²) in [6.07, 6.45) is 56.8. The van der Waals surface area contributed by atoms with Gasteiger partial charge in [-0.15, -0.1) is 0 Å². The van der Waals surface area contributed by atoms with Crippen molar-refractivity contribution in [2.75, 3.05) is 26.4 Å². The van der Waals surface area contributed by atoms with E-state index in [2.05, 4.69) is 123 Å². The molecule has 0 aliphatic rings. The van der Waals surface area contributed by atoms with Crippen molar-refractivity contribution in [2.45, 2.75) is 136 Å². The number of hydrogen-bond donors (Lipinski definition) is 2. The molecule has 0 saturated heterocycles. The van der Waals surface area contributed by atoms with Crippen LogP contribution in [0, 0.1) is 0 Å². The third kappa shape index (κ3) is 41.9. The number of ether oxygens (including phenoxy) is 2. The van der Waals surface area contributed by atoms with Crippen LogP contribution in [0.15, 0.2) is 122 Å². The highest BCUT2D eigenvalue weighted by atomic mass is 31.2. The Morgan fingerprint density at radius 3 is 1.40 bits per heavy atom. The van der Waals surface area contributed by atoms with Crippen molar-refractivity contribution in [1.29, 1.82) is 0 Å². The molecule has 0 rings (SSSR count). The van der Waals surface area contributed by atoms with Gasteiger partial charge in [-0.3, -0.25) is 18.6 Å². The molecule has 3 N–H and O–H groups in total. The molecule has 2 unspecified atom stereocenters. The minimum atomic E-state index is -4.41. The molecule has 0 aromatic carbocycles. The first kappa shape index (κ1) is 53.4. The predicted octanol–water partition coefficient (Wildman–Crippen LogP) is 12.2. The van der Waals surface area contributed by atoms with Crippen LogP contribution in [0.2, 0.25) is 0 Å². The molecular formula is C47H74NO8P. The van der Waals surface area contributed by atoms with E-state index in [1.165, 1.54) is 0 Å². The number of allylic oxidation sites excluding steroid dienone is 20. The highest BCUT2D eigenvalue weighted by molar-refractivity contribution is 7.47. The van der Waals surface area contributed by atoms with E-state index in [1.54, 1.807) is 0 Å². The van der Waals surface area contributed by atoms with Crippen LogP contribution in [0.3, 0.4) is 0 Å². The summed E-state index contributed by atoms with van der Waals surface area (Å²) in [5, 5.41) is 0. The summed E-state index contributed by atoms with van der Waals surface area (Å²) < 4.78 is 32.6. The summed E-state index contributed by atoms with van der Waals surface area (Å²) in [5.41, 5.74) is 5.33. The quantitative estimate of drug-likeness (QED) is 0.0272. The molecule has 57 heavy (non-hydrogen) atoms. The van der Waals surface area contributed by atoms with Crippen molar-refractivity contribution in [2.24, 2.45) is 5.73 Å². The van der Waals surface area contributed by atoms with Gasteiger partial charge in [0.2, 0.25) is 0 Å². The normalized spacial score (nSPS) is 14.5. The number of phosphoric ester groups is 1. The topological polar surface area (TPSA) is 134 Å². The Kier molecular flexibility index (Phi) is 39.4. The predicted molar refractivity (Wildman–Crippen MR) is 237 cm³/mol. The van der Waals surface area contributed by atoms with Crippen molar-refractivity contribution in [1.82, 2.24) is 0 Å². The lowest BCUT2D eigenvalue weighted by Gasteiger charge is -2.19. The van der Waals surface area contributed by atoms with Gasteiger partial charge in [0.05, 0.1) is 13.2 Å². The van der Waals surface area contributed by atoms with Crippen molar-refractivity contribution >= 4 is 19.8 Å². The minimum Gasteiger partial charge on any atom is -0.462 e. The molecule has 320 valence electrons. The minimum absolute atomic E-state index is 0.0323. The van der Waals surface area contributed by atoms with Gasteiger partial charge in [-0.1, -0.05) is 148 Å². The Hall–Kier alpha value is -3.59. The Balaban J connectivity index is 4.32. The molecule has 0 saturated carbocycles. The van der Waals surface area contributed by atoms with Crippen LogP contribution in [0.25, 0.3) is 0 Å². The van der Waals surface area contributed by atoms with Crippen molar-refractivity contribution in [3.63, 3.8) is 0 Å². The van der Waals surface area contributed by atoms with Gasteiger partial charge >= 0.3 is 19.8 Å². The molecule has 0 fully saturated rings. The lowest BCUT2D eigenvalue weighted by atomic mass is 10.1. The van der Waals surface area contributed by atoms with E-state index >= 15 is 0 Å². The molecule has 0 aliphatic carbocycles. The Morgan fingerprint density at radius 1 is 0.526 bits per heavy atom. The fourth-order valence-corrected chi connectivity index (χ4v) is 5.59. The van der Waals surface area contributed by atoms with Crippen molar-refractivity contribution < 1.29 is 37.6 Å². The van der Waals surface area contributed by atoms with E-state index < -0.39 is 32.5 Å². The molecule has 0 spiro atoms. The summed E-state index contributed by atoms with van der Waals surface area (Å²) in [6, 6.07) is 0. The van der Waals surface area contributed by atoms with Gasteiger partial charge in [-0.2, -0.15) is 0 Å². The summed E-state index contributed by atoms with van der Waals surface area (Å²) in [5.74, 6) is -0.968. The number of carbonyl (C=O) groups excluding carboxylic acids is 2.